The Labute approximate surface area is 182 Å². The van der Waals surface area contributed by atoms with E-state index in [0.29, 0.717) is 0 Å². The Hall–Kier alpha value is -1.10. The first kappa shape index (κ1) is 20.8. The first-order valence-corrected chi connectivity index (χ1v) is 12.4. The number of rotatable bonds is 8. The van der Waals surface area contributed by atoms with Crippen LogP contribution in [-0.2, 0) is 17.7 Å². The first-order valence-electron chi connectivity index (χ1n) is 12.4. The highest BCUT2D eigenvalue weighted by atomic mass is 16.5. The summed E-state index contributed by atoms with van der Waals surface area (Å²) < 4.78 is 12.2. The molecule has 2 atom stereocenters. The molecule has 0 aromatic heterocycles. The molecule has 166 valence electrons. The van der Waals surface area contributed by atoms with Crippen molar-refractivity contribution < 1.29 is 9.47 Å². The van der Waals surface area contributed by atoms with Crippen molar-refractivity contribution in [2.24, 2.45) is 17.8 Å². The minimum Gasteiger partial charge on any atom is -0.488 e. The van der Waals surface area contributed by atoms with E-state index in [1.54, 1.807) is 0 Å². The number of fused-ring (bicyclic) bond motifs is 2. The summed E-state index contributed by atoms with van der Waals surface area (Å²) in [4.78, 5) is 5.27. The molecule has 1 aromatic rings. The second kappa shape index (κ2) is 8.80. The van der Waals surface area contributed by atoms with E-state index in [0.717, 1.165) is 56.1 Å². The normalized spacial score (nSPS) is 30.5. The van der Waals surface area contributed by atoms with Crippen LogP contribution in [0.2, 0.25) is 0 Å². The van der Waals surface area contributed by atoms with E-state index in [-0.39, 0.29) is 5.60 Å². The van der Waals surface area contributed by atoms with Crippen molar-refractivity contribution in [1.82, 2.24) is 9.80 Å². The Morgan fingerprint density at radius 3 is 2.67 bits per heavy atom. The van der Waals surface area contributed by atoms with Crippen molar-refractivity contribution in [2.75, 3.05) is 45.9 Å². The van der Waals surface area contributed by atoms with Gasteiger partial charge in [-0.2, -0.15) is 0 Å². The third-order valence-corrected chi connectivity index (χ3v) is 7.88. The first-order chi connectivity index (χ1) is 14.6. The van der Waals surface area contributed by atoms with Crippen LogP contribution in [0.3, 0.4) is 0 Å². The van der Waals surface area contributed by atoms with Gasteiger partial charge >= 0.3 is 0 Å². The van der Waals surface area contributed by atoms with Crippen LogP contribution in [0.15, 0.2) is 18.2 Å². The van der Waals surface area contributed by atoms with Crippen LogP contribution in [-0.4, -0.2) is 61.3 Å². The van der Waals surface area contributed by atoms with Crippen molar-refractivity contribution in [3.05, 3.63) is 29.3 Å². The van der Waals surface area contributed by atoms with Gasteiger partial charge in [0.25, 0.3) is 0 Å². The zero-order chi connectivity index (χ0) is 20.6. The molecular formula is C26H40N2O2. The molecule has 30 heavy (non-hydrogen) atoms. The van der Waals surface area contributed by atoms with Gasteiger partial charge in [0, 0.05) is 32.8 Å². The molecule has 0 spiro atoms. The van der Waals surface area contributed by atoms with Crippen LogP contribution in [0.1, 0.15) is 57.1 Å². The largest absolute Gasteiger partial charge is 0.488 e. The molecule has 4 nitrogen and oxygen atoms in total. The Morgan fingerprint density at radius 1 is 1.07 bits per heavy atom. The third kappa shape index (κ3) is 4.87. The lowest BCUT2D eigenvalue weighted by Gasteiger charge is -2.33. The fourth-order valence-corrected chi connectivity index (χ4v) is 5.97. The summed E-state index contributed by atoms with van der Waals surface area (Å²) >= 11 is 0. The molecule has 2 saturated heterocycles. The Morgan fingerprint density at radius 2 is 1.87 bits per heavy atom. The van der Waals surface area contributed by atoms with Gasteiger partial charge in [0.05, 0.1) is 6.61 Å². The topological polar surface area (TPSA) is 24.9 Å². The van der Waals surface area contributed by atoms with Crippen LogP contribution in [0, 0.1) is 17.8 Å². The van der Waals surface area contributed by atoms with E-state index in [9.17, 15) is 0 Å². The lowest BCUT2D eigenvalue weighted by Crippen LogP contribution is -2.32. The highest BCUT2D eigenvalue weighted by Gasteiger charge is 2.55. The fraction of sp³-hybridized carbons (Fsp3) is 0.769. The van der Waals surface area contributed by atoms with Crippen molar-refractivity contribution in [2.45, 2.75) is 64.5 Å². The van der Waals surface area contributed by atoms with E-state index in [2.05, 4.69) is 41.8 Å². The van der Waals surface area contributed by atoms with E-state index >= 15 is 0 Å². The molecule has 1 aromatic carbocycles. The highest BCUT2D eigenvalue weighted by Crippen LogP contribution is 2.52. The molecule has 4 heteroatoms. The van der Waals surface area contributed by atoms with Crippen molar-refractivity contribution in [3.63, 3.8) is 0 Å². The zero-order valence-electron chi connectivity index (χ0n) is 19.1. The SMILES string of the molecule is CC1(C)CCc2cc(CN3CC4C(COCCCN5CCCCC5)C4C3)ccc2O1. The molecule has 4 aliphatic rings. The van der Waals surface area contributed by atoms with Crippen LogP contribution in [0.4, 0.5) is 0 Å². The smallest absolute Gasteiger partial charge is 0.123 e. The number of nitrogens with zero attached hydrogens (tertiary/aromatic N) is 2. The molecule has 5 rings (SSSR count). The second-order valence-corrected chi connectivity index (χ2v) is 10.8. The summed E-state index contributed by atoms with van der Waals surface area (Å²) in [5, 5.41) is 0. The van der Waals surface area contributed by atoms with Gasteiger partial charge in [-0.25, -0.2) is 0 Å². The van der Waals surface area contributed by atoms with Gasteiger partial charge in [-0.05, 0) is 94.0 Å². The molecule has 0 radical (unpaired) electrons. The number of hydrogen-bond acceptors (Lipinski definition) is 4. The molecule has 1 saturated carbocycles. The lowest BCUT2D eigenvalue weighted by atomic mass is 9.93. The minimum absolute atomic E-state index is 0.0185. The van der Waals surface area contributed by atoms with Crippen molar-refractivity contribution in [3.8, 4) is 5.75 Å². The average Bonchev–Trinajstić information content (AvgIpc) is 3.18. The Kier molecular flexibility index (Phi) is 6.10. The predicted octanol–water partition coefficient (Wildman–Crippen LogP) is 4.36. The van der Waals surface area contributed by atoms with Crippen molar-refractivity contribution in [1.29, 1.82) is 0 Å². The summed E-state index contributed by atoms with van der Waals surface area (Å²) in [6, 6.07) is 6.85. The van der Waals surface area contributed by atoms with Gasteiger partial charge < -0.3 is 14.4 Å². The minimum atomic E-state index is -0.0185. The summed E-state index contributed by atoms with van der Waals surface area (Å²) in [7, 11) is 0. The zero-order valence-corrected chi connectivity index (χ0v) is 19.1. The van der Waals surface area contributed by atoms with E-state index in [1.165, 1.54) is 69.5 Å². The van der Waals surface area contributed by atoms with Crippen molar-refractivity contribution >= 4 is 0 Å². The Bertz CT molecular complexity index is 716. The maximum absolute atomic E-state index is 6.14. The molecule has 3 aliphatic heterocycles. The predicted molar refractivity (Wildman–Crippen MR) is 121 cm³/mol. The van der Waals surface area contributed by atoms with Gasteiger partial charge in [0.1, 0.15) is 11.4 Å². The lowest BCUT2D eigenvalue weighted by molar-refractivity contribution is 0.0845. The number of aryl methyl sites for hydroxylation is 1. The summed E-state index contributed by atoms with van der Waals surface area (Å²) in [6.07, 6.45) is 7.65. The summed E-state index contributed by atoms with van der Waals surface area (Å²) in [5.74, 6) is 3.69. The molecule has 3 heterocycles. The summed E-state index contributed by atoms with van der Waals surface area (Å²) in [6.45, 7) is 13.8. The molecule has 0 N–H and O–H groups in total. The maximum Gasteiger partial charge on any atom is 0.123 e. The maximum atomic E-state index is 6.14. The van der Waals surface area contributed by atoms with E-state index < -0.39 is 0 Å². The average molecular weight is 413 g/mol. The van der Waals surface area contributed by atoms with Crippen LogP contribution in [0.25, 0.3) is 0 Å². The molecular weight excluding hydrogens is 372 g/mol. The van der Waals surface area contributed by atoms with Gasteiger partial charge in [0.2, 0.25) is 0 Å². The van der Waals surface area contributed by atoms with E-state index in [4.69, 9.17) is 9.47 Å². The third-order valence-electron chi connectivity index (χ3n) is 7.88. The fourth-order valence-electron chi connectivity index (χ4n) is 5.97. The van der Waals surface area contributed by atoms with Gasteiger partial charge in [-0.15, -0.1) is 0 Å². The quantitative estimate of drug-likeness (QED) is 0.592. The van der Waals surface area contributed by atoms with Crippen LogP contribution in [0.5, 0.6) is 5.75 Å². The monoisotopic (exact) mass is 412 g/mol. The number of piperidine rings is 2. The standard InChI is InChI=1S/C26H40N2O2/c1-26(2)10-9-21-15-20(7-8-25(21)30-26)16-28-17-22-23(18-28)24(22)19-29-14-6-13-27-11-4-3-5-12-27/h7-8,15,22-24H,3-6,9-14,16-19H2,1-2H3. The summed E-state index contributed by atoms with van der Waals surface area (Å²) in [5.41, 5.74) is 2.82. The molecule has 0 bridgehead atoms. The van der Waals surface area contributed by atoms with Gasteiger partial charge in [-0.1, -0.05) is 18.6 Å². The molecule has 2 unspecified atom stereocenters. The Balaban J connectivity index is 0.994. The van der Waals surface area contributed by atoms with Crippen LogP contribution < -0.4 is 4.74 Å². The number of likely N-dealkylation sites (tertiary alicyclic amines) is 2. The van der Waals surface area contributed by atoms with E-state index in [1.807, 2.05) is 0 Å². The molecule has 3 fully saturated rings. The number of ether oxygens (including phenoxy) is 2. The van der Waals surface area contributed by atoms with Gasteiger partial charge in [0.15, 0.2) is 0 Å². The van der Waals surface area contributed by atoms with Crippen LogP contribution >= 0.6 is 0 Å². The molecule has 1 aliphatic carbocycles. The number of benzene rings is 1. The number of hydrogen-bond donors (Lipinski definition) is 0. The second-order valence-electron chi connectivity index (χ2n) is 10.8. The highest BCUT2D eigenvalue weighted by molar-refractivity contribution is 5.39. The van der Waals surface area contributed by atoms with Gasteiger partial charge in [-0.3, -0.25) is 4.90 Å². The molecule has 0 amide bonds.